The molecule has 0 saturated heterocycles. The van der Waals surface area contributed by atoms with Crippen LogP contribution in [0.5, 0.6) is 0 Å². The topological polar surface area (TPSA) is 71.1 Å². The molecule has 0 saturated carbocycles. The molecule has 1 heterocycles. The van der Waals surface area contributed by atoms with E-state index in [2.05, 4.69) is 15.6 Å². The fourth-order valence-corrected chi connectivity index (χ4v) is 3.29. The summed E-state index contributed by atoms with van der Waals surface area (Å²) in [5, 5.41) is 7.91. The number of rotatable bonds is 6. The smallest absolute Gasteiger partial charge is 0.271 e. The van der Waals surface area contributed by atoms with Crippen LogP contribution in [0.3, 0.4) is 0 Å². The number of carbonyl (C=O) groups is 2. The van der Waals surface area contributed by atoms with Crippen LogP contribution in [0, 0.1) is 0 Å². The Kier molecular flexibility index (Phi) is 5.76. The number of hydrogen-bond donors (Lipinski definition) is 2. The molecule has 0 atom stereocenters. The number of amides is 2. The predicted octanol–water partition coefficient (Wildman–Crippen LogP) is 3.74. The number of nitrogens with zero attached hydrogens (tertiary/aromatic N) is 1. The molecule has 5 nitrogen and oxygen atoms in total. The average molecular weight is 365 g/mol. The van der Waals surface area contributed by atoms with Gasteiger partial charge in [0, 0.05) is 16.6 Å². The lowest BCUT2D eigenvalue weighted by Crippen LogP contribution is -2.33. The Morgan fingerprint density at radius 2 is 1.77 bits per heavy atom. The van der Waals surface area contributed by atoms with Gasteiger partial charge in [0.1, 0.15) is 10.7 Å². The zero-order valence-electron chi connectivity index (χ0n) is 14.4. The van der Waals surface area contributed by atoms with Gasteiger partial charge in [-0.2, -0.15) is 0 Å². The summed E-state index contributed by atoms with van der Waals surface area (Å²) in [7, 11) is 0. The van der Waals surface area contributed by atoms with Crippen molar-refractivity contribution in [2.45, 2.75) is 13.3 Å². The second kappa shape index (κ2) is 8.40. The first-order chi connectivity index (χ1) is 12.7. The lowest BCUT2D eigenvalue weighted by Gasteiger charge is -2.09. The van der Waals surface area contributed by atoms with Crippen LogP contribution >= 0.6 is 11.3 Å². The van der Waals surface area contributed by atoms with Crippen LogP contribution in [-0.4, -0.2) is 23.3 Å². The van der Waals surface area contributed by atoms with E-state index in [9.17, 15) is 9.59 Å². The number of nitrogens with one attached hydrogen (secondary N) is 2. The zero-order chi connectivity index (χ0) is 18.4. The van der Waals surface area contributed by atoms with E-state index in [-0.39, 0.29) is 18.4 Å². The molecule has 3 aromatic rings. The highest BCUT2D eigenvalue weighted by molar-refractivity contribution is 7.13. The third-order valence-electron chi connectivity index (χ3n) is 3.84. The van der Waals surface area contributed by atoms with E-state index in [1.807, 2.05) is 61.5 Å². The van der Waals surface area contributed by atoms with Crippen molar-refractivity contribution in [1.29, 1.82) is 0 Å². The van der Waals surface area contributed by atoms with E-state index in [0.29, 0.717) is 5.69 Å². The normalized spacial score (nSPS) is 10.3. The zero-order valence-corrected chi connectivity index (χ0v) is 15.2. The summed E-state index contributed by atoms with van der Waals surface area (Å²) < 4.78 is 0. The molecular weight excluding hydrogens is 346 g/mol. The van der Waals surface area contributed by atoms with Crippen molar-refractivity contribution >= 4 is 28.8 Å². The van der Waals surface area contributed by atoms with Crippen LogP contribution in [0.4, 0.5) is 5.69 Å². The van der Waals surface area contributed by atoms with Crippen LogP contribution in [0.15, 0.2) is 60.0 Å². The SMILES string of the molecule is CCc1ccccc1NC(=O)CNC(=O)c1csc(-c2ccccc2)n1. The minimum atomic E-state index is -0.359. The molecule has 2 amide bonds. The highest BCUT2D eigenvalue weighted by atomic mass is 32.1. The number of carbonyl (C=O) groups excluding carboxylic acids is 2. The number of para-hydroxylation sites is 1. The van der Waals surface area contributed by atoms with Crippen LogP contribution in [0.1, 0.15) is 23.0 Å². The maximum atomic E-state index is 12.2. The first-order valence-corrected chi connectivity index (χ1v) is 9.22. The van der Waals surface area contributed by atoms with Crippen molar-refractivity contribution in [1.82, 2.24) is 10.3 Å². The Balaban J connectivity index is 1.57. The van der Waals surface area contributed by atoms with Crippen molar-refractivity contribution in [3.8, 4) is 10.6 Å². The maximum Gasteiger partial charge on any atom is 0.271 e. The highest BCUT2D eigenvalue weighted by Crippen LogP contribution is 2.23. The fraction of sp³-hybridized carbons (Fsp3) is 0.150. The van der Waals surface area contributed by atoms with Crippen molar-refractivity contribution in [2.75, 3.05) is 11.9 Å². The van der Waals surface area contributed by atoms with Gasteiger partial charge in [-0.25, -0.2) is 4.98 Å². The molecule has 0 spiro atoms. The summed E-state index contributed by atoms with van der Waals surface area (Å²) in [5.74, 6) is -0.625. The lowest BCUT2D eigenvalue weighted by atomic mass is 10.1. The molecule has 26 heavy (non-hydrogen) atoms. The lowest BCUT2D eigenvalue weighted by molar-refractivity contribution is -0.115. The predicted molar refractivity (Wildman–Crippen MR) is 104 cm³/mol. The highest BCUT2D eigenvalue weighted by Gasteiger charge is 2.13. The third-order valence-corrected chi connectivity index (χ3v) is 4.73. The summed E-state index contributed by atoms with van der Waals surface area (Å²) in [4.78, 5) is 28.7. The second-order valence-corrected chi connectivity index (χ2v) is 6.50. The molecular formula is C20H19N3O2S. The van der Waals surface area contributed by atoms with Gasteiger partial charge in [-0.3, -0.25) is 9.59 Å². The Hall–Kier alpha value is -2.99. The number of benzene rings is 2. The molecule has 2 N–H and O–H groups in total. The van der Waals surface area contributed by atoms with Gasteiger partial charge in [0.05, 0.1) is 6.54 Å². The Bertz CT molecular complexity index is 906. The number of thiazole rings is 1. The Morgan fingerprint density at radius 1 is 1.04 bits per heavy atom. The van der Waals surface area contributed by atoms with Gasteiger partial charge in [0.2, 0.25) is 5.91 Å². The van der Waals surface area contributed by atoms with Gasteiger partial charge >= 0.3 is 0 Å². The molecule has 0 bridgehead atoms. The average Bonchev–Trinajstić information content (AvgIpc) is 3.17. The largest absolute Gasteiger partial charge is 0.342 e. The molecule has 0 aliphatic carbocycles. The van der Waals surface area contributed by atoms with Gasteiger partial charge in [0.25, 0.3) is 5.91 Å². The van der Waals surface area contributed by atoms with Crippen LogP contribution in [-0.2, 0) is 11.2 Å². The van der Waals surface area contributed by atoms with Crippen LogP contribution in [0.25, 0.3) is 10.6 Å². The van der Waals surface area contributed by atoms with Crippen molar-refractivity contribution in [2.24, 2.45) is 0 Å². The van der Waals surface area contributed by atoms with Gasteiger partial charge < -0.3 is 10.6 Å². The first-order valence-electron chi connectivity index (χ1n) is 8.34. The van der Waals surface area contributed by atoms with Gasteiger partial charge in [-0.1, -0.05) is 55.5 Å². The van der Waals surface area contributed by atoms with E-state index >= 15 is 0 Å². The minimum absolute atomic E-state index is 0.102. The van der Waals surface area contributed by atoms with Crippen molar-refractivity contribution in [3.05, 3.63) is 71.2 Å². The molecule has 0 unspecified atom stereocenters. The monoisotopic (exact) mass is 365 g/mol. The number of anilines is 1. The Labute approximate surface area is 156 Å². The van der Waals surface area contributed by atoms with E-state index in [1.54, 1.807) is 5.38 Å². The summed E-state index contributed by atoms with van der Waals surface area (Å²) >= 11 is 1.40. The molecule has 0 aliphatic rings. The van der Waals surface area contributed by atoms with Gasteiger partial charge in [-0.05, 0) is 18.1 Å². The fourth-order valence-electron chi connectivity index (χ4n) is 2.49. The van der Waals surface area contributed by atoms with Gasteiger partial charge in [0.15, 0.2) is 0 Å². The molecule has 0 fully saturated rings. The van der Waals surface area contributed by atoms with E-state index in [1.165, 1.54) is 11.3 Å². The van der Waals surface area contributed by atoms with Gasteiger partial charge in [-0.15, -0.1) is 11.3 Å². The molecule has 1 aromatic heterocycles. The molecule has 0 aliphatic heterocycles. The second-order valence-electron chi connectivity index (χ2n) is 5.65. The summed E-state index contributed by atoms with van der Waals surface area (Å²) in [6, 6.07) is 17.3. The number of aromatic nitrogens is 1. The number of hydrogen-bond acceptors (Lipinski definition) is 4. The van der Waals surface area contributed by atoms with Crippen molar-refractivity contribution in [3.63, 3.8) is 0 Å². The summed E-state index contributed by atoms with van der Waals surface area (Å²) in [5.41, 5.74) is 3.11. The molecule has 6 heteroatoms. The third kappa shape index (κ3) is 4.34. The molecule has 132 valence electrons. The van der Waals surface area contributed by atoms with Crippen molar-refractivity contribution < 1.29 is 9.59 Å². The standard InChI is InChI=1S/C20H19N3O2S/c1-2-14-8-6-7-11-16(14)22-18(24)12-21-19(25)17-13-26-20(23-17)15-9-4-3-5-10-15/h3-11,13H,2,12H2,1H3,(H,21,25)(H,22,24). The van der Waals surface area contributed by atoms with E-state index < -0.39 is 0 Å². The summed E-state index contributed by atoms with van der Waals surface area (Å²) in [6.45, 7) is 1.93. The summed E-state index contributed by atoms with van der Waals surface area (Å²) in [6.07, 6.45) is 0.823. The molecule has 2 aromatic carbocycles. The molecule has 3 rings (SSSR count). The minimum Gasteiger partial charge on any atom is -0.342 e. The Morgan fingerprint density at radius 3 is 2.54 bits per heavy atom. The quantitative estimate of drug-likeness (QED) is 0.699. The molecule has 0 radical (unpaired) electrons. The van der Waals surface area contributed by atoms with E-state index in [4.69, 9.17) is 0 Å². The van der Waals surface area contributed by atoms with Crippen LogP contribution < -0.4 is 10.6 Å². The maximum absolute atomic E-state index is 12.2. The number of aryl methyl sites for hydroxylation is 1. The van der Waals surface area contributed by atoms with Crippen LogP contribution in [0.2, 0.25) is 0 Å². The van der Waals surface area contributed by atoms with E-state index in [0.717, 1.165) is 28.2 Å². The first kappa shape index (κ1) is 17.8.